The van der Waals surface area contributed by atoms with Crippen molar-refractivity contribution in [3.8, 4) is 0 Å². The van der Waals surface area contributed by atoms with E-state index in [1.807, 2.05) is 18.2 Å². The van der Waals surface area contributed by atoms with E-state index in [0.29, 0.717) is 5.92 Å². The van der Waals surface area contributed by atoms with E-state index in [4.69, 9.17) is 5.73 Å². The first-order chi connectivity index (χ1) is 10.1. The van der Waals surface area contributed by atoms with E-state index in [2.05, 4.69) is 71.2 Å². The Bertz CT molecular complexity index is 556. The van der Waals surface area contributed by atoms with Gasteiger partial charge in [-0.25, -0.2) is 0 Å². The molecule has 2 aromatic carbocycles. The fraction of sp³-hybridized carbons (Fsp3) is 0.333. The van der Waals surface area contributed by atoms with Crippen LogP contribution in [0.15, 0.2) is 59.1 Å². The number of halogens is 1. The number of hydrogen-bond acceptors (Lipinski definition) is 2. The van der Waals surface area contributed by atoms with Crippen molar-refractivity contribution in [2.24, 2.45) is 11.7 Å². The standard InChI is InChI=1S/C18H23BrN2/c1-14(18(20)16-8-4-3-5-9-16)12-21(2)13-15-7-6-10-17(19)11-15/h3-11,14,18H,12-13,20H2,1-2H3. The van der Waals surface area contributed by atoms with Gasteiger partial charge in [0.05, 0.1) is 0 Å². The van der Waals surface area contributed by atoms with Crippen molar-refractivity contribution >= 4 is 15.9 Å². The summed E-state index contributed by atoms with van der Waals surface area (Å²) in [6, 6.07) is 18.9. The third-order valence-corrected chi connectivity index (χ3v) is 4.23. The molecule has 2 unspecified atom stereocenters. The van der Waals surface area contributed by atoms with Crippen LogP contribution in [-0.4, -0.2) is 18.5 Å². The van der Waals surface area contributed by atoms with Crippen LogP contribution in [0.5, 0.6) is 0 Å². The molecule has 2 atom stereocenters. The number of rotatable bonds is 6. The molecular weight excluding hydrogens is 324 g/mol. The second-order valence-electron chi connectivity index (χ2n) is 5.74. The minimum Gasteiger partial charge on any atom is -0.324 e. The van der Waals surface area contributed by atoms with Gasteiger partial charge in [-0.3, -0.25) is 0 Å². The number of benzene rings is 2. The number of nitrogens with two attached hydrogens (primary N) is 1. The molecule has 3 heteroatoms. The van der Waals surface area contributed by atoms with Crippen molar-refractivity contribution < 1.29 is 0 Å². The van der Waals surface area contributed by atoms with Gasteiger partial charge in [0, 0.05) is 23.6 Å². The fourth-order valence-corrected chi connectivity index (χ4v) is 3.07. The van der Waals surface area contributed by atoms with Gasteiger partial charge in [0.2, 0.25) is 0 Å². The molecule has 0 aliphatic rings. The van der Waals surface area contributed by atoms with Crippen LogP contribution in [0.4, 0.5) is 0 Å². The third-order valence-electron chi connectivity index (χ3n) is 3.74. The highest BCUT2D eigenvalue weighted by Gasteiger charge is 2.16. The van der Waals surface area contributed by atoms with E-state index >= 15 is 0 Å². The van der Waals surface area contributed by atoms with E-state index in [0.717, 1.165) is 17.6 Å². The smallest absolute Gasteiger partial charge is 0.0333 e. The minimum absolute atomic E-state index is 0.0798. The first-order valence-electron chi connectivity index (χ1n) is 7.30. The lowest BCUT2D eigenvalue weighted by molar-refractivity contribution is 0.258. The molecule has 112 valence electrons. The zero-order valence-corrected chi connectivity index (χ0v) is 14.3. The summed E-state index contributed by atoms with van der Waals surface area (Å²) in [5.74, 6) is 0.407. The van der Waals surface area contributed by atoms with Crippen LogP contribution in [0.3, 0.4) is 0 Å². The Morgan fingerprint density at radius 3 is 2.48 bits per heavy atom. The van der Waals surface area contributed by atoms with E-state index in [1.165, 1.54) is 11.1 Å². The van der Waals surface area contributed by atoms with Crippen molar-refractivity contribution in [2.45, 2.75) is 19.5 Å². The molecule has 0 saturated carbocycles. The lowest BCUT2D eigenvalue weighted by Gasteiger charge is -2.26. The van der Waals surface area contributed by atoms with Gasteiger partial charge >= 0.3 is 0 Å². The Balaban J connectivity index is 1.91. The van der Waals surface area contributed by atoms with Crippen LogP contribution in [0.1, 0.15) is 24.1 Å². The van der Waals surface area contributed by atoms with E-state index < -0.39 is 0 Å². The maximum absolute atomic E-state index is 6.37. The van der Waals surface area contributed by atoms with E-state index in [9.17, 15) is 0 Å². The summed E-state index contributed by atoms with van der Waals surface area (Å²) in [7, 11) is 2.15. The lowest BCUT2D eigenvalue weighted by atomic mass is 9.95. The Morgan fingerprint density at radius 1 is 1.10 bits per heavy atom. The first kappa shape index (κ1) is 16.2. The topological polar surface area (TPSA) is 29.3 Å². The van der Waals surface area contributed by atoms with Gasteiger partial charge in [0.1, 0.15) is 0 Å². The highest BCUT2D eigenvalue weighted by molar-refractivity contribution is 9.10. The fourth-order valence-electron chi connectivity index (χ4n) is 2.62. The molecule has 0 spiro atoms. The molecule has 0 bridgehead atoms. The largest absolute Gasteiger partial charge is 0.324 e. The second kappa shape index (κ2) is 7.74. The molecule has 0 aliphatic heterocycles. The van der Waals surface area contributed by atoms with Gasteiger partial charge in [-0.05, 0) is 36.2 Å². The van der Waals surface area contributed by atoms with Crippen molar-refractivity contribution in [1.82, 2.24) is 4.90 Å². The molecule has 21 heavy (non-hydrogen) atoms. The van der Waals surface area contributed by atoms with Gasteiger partial charge in [0.15, 0.2) is 0 Å². The van der Waals surface area contributed by atoms with Crippen molar-refractivity contribution in [2.75, 3.05) is 13.6 Å². The first-order valence-corrected chi connectivity index (χ1v) is 8.09. The van der Waals surface area contributed by atoms with Crippen LogP contribution in [0.2, 0.25) is 0 Å². The summed E-state index contributed by atoms with van der Waals surface area (Å²) in [6.07, 6.45) is 0. The summed E-state index contributed by atoms with van der Waals surface area (Å²) in [4.78, 5) is 2.33. The maximum Gasteiger partial charge on any atom is 0.0333 e. The predicted octanol–water partition coefficient (Wildman–Crippen LogP) is 4.22. The van der Waals surface area contributed by atoms with Crippen LogP contribution in [0.25, 0.3) is 0 Å². The zero-order chi connectivity index (χ0) is 15.2. The lowest BCUT2D eigenvalue weighted by Crippen LogP contribution is -2.30. The monoisotopic (exact) mass is 346 g/mol. The van der Waals surface area contributed by atoms with Crippen molar-refractivity contribution in [3.63, 3.8) is 0 Å². The molecule has 0 heterocycles. The molecule has 2 rings (SSSR count). The quantitative estimate of drug-likeness (QED) is 0.848. The van der Waals surface area contributed by atoms with Gasteiger partial charge in [-0.15, -0.1) is 0 Å². The van der Waals surface area contributed by atoms with Crippen molar-refractivity contribution in [1.29, 1.82) is 0 Å². The summed E-state index contributed by atoms with van der Waals surface area (Å²) in [6.45, 7) is 4.13. The molecular formula is C18H23BrN2. The molecule has 0 radical (unpaired) electrons. The van der Waals surface area contributed by atoms with Crippen LogP contribution in [0, 0.1) is 5.92 Å². The normalized spacial score (nSPS) is 14.1. The summed E-state index contributed by atoms with van der Waals surface area (Å²) >= 11 is 3.52. The van der Waals surface area contributed by atoms with Crippen LogP contribution in [-0.2, 0) is 6.54 Å². The second-order valence-corrected chi connectivity index (χ2v) is 6.66. The molecule has 0 aliphatic carbocycles. The van der Waals surface area contributed by atoms with Gasteiger partial charge in [-0.1, -0.05) is 65.3 Å². The Morgan fingerprint density at radius 2 is 1.81 bits per heavy atom. The van der Waals surface area contributed by atoms with Crippen LogP contribution >= 0.6 is 15.9 Å². The average molecular weight is 347 g/mol. The Labute approximate surface area is 136 Å². The van der Waals surface area contributed by atoms with E-state index in [-0.39, 0.29) is 6.04 Å². The molecule has 2 N–H and O–H groups in total. The Kier molecular flexibility index (Phi) is 5.97. The number of nitrogens with zero attached hydrogens (tertiary/aromatic N) is 1. The molecule has 0 aromatic heterocycles. The Hall–Kier alpha value is -1.16. The highest BCUT2D eigenvalue weighted by Crippen LogP contribution is 2.20. The van der Waals surface area contributed by atoms with Crippen LogP contribution < -0.4 is 5.73 Å². The highest BCUT2D eigenvalue weighted by atomic mass is 79.9. The van der Waals surface area contributed by atoms with Gasteiger partial charge in [0.25, 0.3) is 0 Å². The average Bonchev–Trinajstić information content (AvgIpc) is 2.47. The molecule has 2 aromatic rings. The summed E-state index contributed by atoms with van der Waals surface area (Å²) in [5, 5.41) is 0. The molecule has 2 nitrogen and oxygen atoms in total. The molecule has 0 saturated heterocycles. The zero-order valence-electron chi connectivity index (χ0n) is 12.7. The SMILES string of the molecule is CC(CN(C)Cc1cccc(Br)c1)C(N)c1ccccc1. The number of hydrogen-bond donors (Lipinski definition) is 1. The van der Waals surface area contributed by atoms with Crippen molar-refractivity contribution in [3.05, 3.63) is 70.2 Å². The summed E-state index contributed by atoms with van der Waals surface area (Å²) in [5.41, 5.74) is 8.89. The van der Waals surface area contributed by atoms with E-state index in [1.54, 1.807) is 0 Å². The van der Waals surface area contributed by atoms with Gasteiger partial charge in [-0.2, -0.15) is 0 Å². The minimum atomic E-state index is 0.0798. The van der Waals surface area contributed by atoms with Gasteiger partial charge < -0.3 is 10.6 Å². The summed E-state index contributed by atoms with van der Waals surface area (Å²) < 4.78 is 1.13. The predicted molar refractivity (Wildman–Crippen MR) is 93.0 cm³/mol. The maximum atomic E-state index is 6.37. The molecule has 0 fully saturated rings. The molecule has 0 amide bonds. The third kappa shape index (κ3) is 4.95.